The Hall–Kier alpha value is -0.870. The van der Waals surface area contributed by atoms with E-state index < -0.39 is 10.0 Å². The van der Waals surface area contributed by atoms with Crippen molar-refractivity contribution in [1.29, 1.82) is 0 Å². The Morgan fingerprint density at radius 3 is 1.84 bits per heavy atom. The van der Waals surface area contributed by atoms with E-state index in [4.69, 9.17) is 0 Å². The fraction of sp³-hybridized carbons (Fsp3) is 0.600. The van der Waals surface area contributed by atoms with Crippen molar-refractivity contribution in [3.8, 4) is 0 Å². The van der Waals surface area contributed by atoms with E-state index in [1.54, 1.807) is 7.05 Å². The van der Waals surface area contributed by atoms with Crippen molar-refractivity contribution in [1.82, 2.24) is 4.31 Å². The van der Waals surface area contributed by atoms with Gasteiger partial charge in [0.1, 0.15) is 0 Å². The summed E-state index contributed by atoms with van der Waals surface area (Å²) in [6.45, 7) is 9.77. The van der Waals surface area contributed by atoms with Crippen LogP contribution in [0.25, 0.3) is 0 Å². The largest absolute Gasteiger partial charge is 0.243 e. The van der Waals surface area contributed by atoms with Gasteiger partial charge in [-0.2, -0.15) is 4.31 Å². The zero-order valence-corrected chi connectivity index (χ0v) is 13.6. The first kappa shape index (κ1) is 16.2. The molecule has 0 aliphatic rings. The predicted molar refractivity (Wildman–Crippen MR) is 80.0 cm³/mol. The second-order valence-corrected chi connectivity index (χ2v) is 7.15. The van der Waals surface area contributed by atoms with E-state index in [1.165, 1.54) is 4.31 Å². The van der Waals surface area contributed by atoms with Crippen molar-refractivity contribution < 1.29 is 8.42 Å². The molecule has 0 N–H and O–H groups in total. The van der Waals surface area contributed by atoms with Crippen LogP contribution < -0.4 is 0 Å². The molecule has 0 heterocycles. The molecule has 0 saturated carbocycles. The van der Waals surface area contributed by atoms with Gasteiger partial charge in [-0.25, -0.2) is 8.42 Å². The second-order valence-electron chi connectivity index (χ2n) is 5.22. The van der Waals surface area contributed by atoms with Crippen LogP contribution in [-0.4, -0.2) is 25.8 Å². The van der Waals surface area contributed by atoms with Crippen molar-refractivity contribution in [3.05, 3.63) is 28.8 Å². The van der Waals surface area contributed by atoms with Crippen molar-refractivity contribution >= 4 is 10.0 Å². The molecule has 0 atom stereocenters. The number of hydrogen-bond acceptors (Lipinski definition) is 2. The average Bonchev–Trinajstić information content (AvgIpc) is 2.28. The molecule has 0 aliphatic carbocycles. The van der Waals surface area contributed by atoms with Crippen molar-refractivity contribution in [2.45, 2.75) is 58.4 Å². The molecule has 0 radical (unpaired) electrons. The Morgan fingerprint density at radius 1 is 1.05 bits per heavy atom. The first-order valence-electron chi connectivity index (χ1n) is 6.81. The van der Waals surface area contributed by atoms with Gasteiger partial charge in [0.25, 0.3) is 0 Å². The molecule has 0 saturated heterocycles. The molecule has 108 valence electrons. The standard InChI is InChI=1S/C15H25NO2S/c1-7-14(8-2)16(6)19(17,18)15-12(4)9-11(3)10-13(15)5/h9-10,14H,7-8H2,1-6H3. The summed E-state index contributed by atoms with van der Waals surface area (Å²) in [5.74, 6) is 0. The molecule has 0 unspecified atom stereocenters. The fourth-order valence-electron chi connectivity index (χ4n) is 2.72. The smallest absolute Gasteiger partial charge is 0.207 e. The van der Waals surface area contributed by atoms with Gasteiger partial charge in [0.2, 0.25) is 10.0 Å². The molecule has 0 aromatic heterocycles. The maximum Gasteiger partial charge on any atom is 0.243 e. The number of aryl methyl sites for hydroxylation is 3. The molecular formula is C15H25NO2S. The molecule has 0 amide bonds. The molecule has 0 bridgehead atoms. The molecule has 1 rings (SSSR count). The first-order chi connectivity index (χ1) is 8.75. The monoisotopic (exact) mass is 283 g/mol. The highest BCUT2D eigenvalue weighted by atomic mass is 32.2. The molecule has 0 spiro atoms. The summed E-state index contributed by atoms with van der Waals surface area (Å²) < 4.78 is 27.1. The topological polar surface area (TPSA) is 37.4 Å². The summed E-state index contributed by atoms with van der Waals surface area (Å²) in [5.41, 5.74) is 2.75. The highest BCUT2D eigenvalue weighted by molar-refractivity contribution is 7.89. The maximum atomic E-state index is 12.8. The average molecular weight is 283 g/mol. The zero-order valence-electron chi connectivity index (χ0n) is 12.8. The van der Waals surface area contributed by atoms with Crippen molar-refractivity contribution in [2.75, 3.05) is 7.05 Å². The Morgan fingerprint density at radius 2 is 1.47 bits per heavy atom. The second kappa shape index (κ2) is 6.06. The molecular weight excluding hydrogens is 258 g/mol. The summed E-state index contributed by atoms with van der Waals surface area (Å²) in [5, 5.41) is 0. The highest BCUT2D eigenvalue weighted by Gasteiger charge is 2.28. The number of rotatable bonds is 5. The molecule has 19 heavy (non-hydrogen) atoms. The van der Waals surface area contributed by atoms with Gasteiger partial charge in [-0.3, -0.25) is 0 Å². The molecule has 1 aromatic rings. The minimum atomic E-state index is -3.41. The molecule has 3 nitrogen and oxygen atoms in total. The van der Waals surface area contributed by atoms with E-state index in [-0.39, 0.29) is 6.04 Å². The van der Waals surface area contributed by atoms with E-state index in [9.17, 15) is 8.42 Å². The van der Waals surface area contributed by atoms with Crippen LogP contribution in [0.5, 0.6) is 0 Å². The molecule has 0 fully saturated rings. The summed E-state index contributed by atoms with van der Waals surface area (Å²) >= 11 is 0. The van der Waals surface area contributed by atoms with Crippen molar-refractivity contribution in [3.63, 3.8) is 0 Å². The van der Waals surface area contributed by atoms with E-state index in [1.807, 2.05) is 46.8 Å². The number of sulfonamides is 1. The van der Waals surface area contributed by atoms with Crippen LogP contribution >= 0.6 is 0 Å². The van der Waals surface area contributed by atoms with E-state index in [2.05, 4.69) is 0 Å². The molecule has 4 heteroatoms. The summed E-state index contributed by atoms with van der Waals surface area (Å²) in [6, 6.07) is 3.92. The van der Waals surface area contributed by atoms with Gasteiger partial charge in [-0.05, 0) is 44.7 Å². The third kappa shape index (κ3) is 3.18. The first-order valence-corrected chi connectivity index (χ1v) is 8.25. The van der Waals surface area contributed by atoms with Crippen molar-refractivity contribution in [2.24, 2.45) is 0 Å². The number of hydrogen-bond donors (Lipinski definition) is 0. The minimum Gasteiger partial charge on any atom is -0.207 e. The normalized spacial score (nSPS) is 12.4. The Kier molecular flexibility index (Phi) is 5.16. The van der Waals surface area contributed by atoms with Crippen LogP contribution in [0.3, 0.4) is 0 Å². The third-order valence-corrected chi connectivity index (χ3v) is 5.91. The lowest BCUT2D eigenvalue weighted by Crippen LogP contribution is -2.36. The Labute approximate surface area is 117 Å². The van der Waals surface area contributed by atoms with Crippen LogP contribution in [-0.2, 0) is 10.0 Å². The lowest BCUT2D eigenvalue weighted by Gasteiger charge is -2.27. The molecule has 1 aromatic carbocycles. The Bertz CT molecular complexity index is 522. The fourth-order valence-corrected chi connectivity index (χ4v) is 4.63. The van der Waals surface area contributed by atoms with Gasteiger partial charge in [0, 0.05) is 13.1 Å². The van der Waals surface area contributed by atoms with Crippen LogP contribution in [0.1, 0.15) is 43.4 Å². The van der Waals surface area contributed by atoms with Crippen LogP contribution in [0.15, 0.2) is 17.0 Å². The minimum absolute atomic E-state index is 0.0603. The van der Waals surface area contributed by atoms with Gasteiger partial charge in [0.15, 0.2) is 0 Å². The zero-order chi connectivity index (χ0) is 14.8. The lowest BCUT2D eigenvalue weighted by atomic mass is 10.1. The van der Waals surface area contributed by atoms with Crippen LogP contribution in [0, 0.1) is 20.8 Å². The van der Waals surface area contributed by atoms with Gasteiger partial charge < -0.3 is 0 Å². The van der Waals surface area contributed by atoms with Gasteiger partial charge >= 0.3 is 0 Å². The quantitative estimate of drug-likeness (QED) is 0.830. The van der Waals surface area contributed by atoms with Gasteiger partial charge in [-0.15, -0.1) is 0 Å². The number of benzene rings is 1. The summed E-state index contributed by atoms with van der Waals surface area (Å²) in [7, 11) is -1.72. The summed E-state index contributed by atoms with van der Waals surface area (Å²) in [6.07, 6.45) is 1.66. The Balaban J connectivity index is 3.36. The molecule has 0 aliphatic heterocycles. The predicted octanol–water partition coefficient (Wildman–Crippen LogP) is 3.42. The van der Waals surface area contributed by atoms with Crippen LogP contribution in [0.4, 0.5) is 0 Å². The maximum absolute atomic E-state index is 12.8. The van der Waals surface area contributed by atoms with E-state index in [0.29, 0.717) is 4.90 Å². The third-order valence-electron chi connectivity index (χ3n) is 3.70. The lowest BCUT2D eigenvalue weighted by molar-refractivity contribution is 0.349. The SMILES string of the molecule is CCC(CC)N(C)S(=O)(=O)c1c(C)cc(C)cc1C. The van der Waals surface area contributed by atoms with E-state index >= 15 is 0 Å². The van der Waals surface area contributed by atoms with E-state index in [0.717, 1.165) is 29.5 Å². The summed E-state index contributed by atoms with van der Waals surface area (Å²) in [4.78, 5) is 0.465. The van der Waals surface area contributed by atoms with Crippen LogP contribution in [0.2, 0.25) is 0 Å². The van der Waals surface area contributed by atoms with Gasteiger partial charge in [0.05, 0.1) is 4.90 Å². The van der Waals surface area contributed by atoms with Gasteiger partial charge in [-0.1, -0.05) is 31.5 Å². The highest BCUT2D eigenvalue weighted by Crippen LogP contribution is 2.26. The number of nitrogens with zero attached hydrogens (tertiary/aromatic N) is 1.